The number of anilines is 1. The predicted molar refractivity (Wildman–Crippen MR) is 106 cm³/mol. The van der Waals surface area contributed by atoms with Crippen molar-refractivity contribution in [3.05, 3.63) is 54.1 Å². The van der Waals surface area contributed by atoms with E-state index in [0.29, 0.717) is 12.3 Å². The first-order valence-electron chi connectivity index (χ1n) is 9.26. The maximum atomic E-state index is 12.6. The molecule has 1 aliphatic rings. The van der Waals surface area contributed by atoms with Gasteiger partial charge in [0.25, 0.3) is 0 Å². The van der Waals surface area contributed by atoms with E-state index in [9.17, 15) is 9.90 Å². The van der Waals surface area contributed by atoms with Gasteiger partial charge in [-0.2, -0.15) is 0 Å². The van der Waals surface area contributed by atoms with Gasteiger partial charge in [0, 0.05) is 38.3 Å². The summed E-state index contributed by atoms with van der Waals surface area (Å²) in [5.41, 5.74) is 1.82. The molecular weight excluding hydrogens is 342 g/mol. The molecule has 0 aliphatic carbocycles. The van der Waals surface area contributed by atoms with Crippen molar-refractivity contribution in [2.75, 3.05) is 38.2 Å². The summed E-state index contributed by atoms with van der Waals surface area (Å²) < 4.78 is 5.33. The molecule has 6 nitrogen and oxygen atoms in total. The molecule has 0 saturated carbocycles. The fraction of sp³-hybridized carbons (Fsp3) is 0.381. The monoisotopic (exact) mass is 369 g/mol. The van der Waals surface area contributed by atoms with E-state index in [-0.39, 0.29) is 11.9 Å². The number of rotatable bonds is 6. The fourth-order valence-corrected chi connectivity index (χ4v) is 3.43. The number of ether oxygens (including phenoxy) is 1. The Balaban J connectivity index is 1.52. The average Bonchev–Trinajstić information content (AvgIpc) is 2.72. The molecule has 1 fully saturated rings. The molecule has 1 heterocycles. The van der Waals surface area contributed by atoms with Crippen LogP contribution in [0.25, 0.3) is 0 Å². The summed E-state index contributed by atoms with van der Waals surface area (Å²) >= 11 is 0. The van der Waals surface area contributed by atoms with Crippen molar-refractivity contribution < 1.29 is 14.6 Å². The molecule has 144 valence electrons. The summed E-state index contributed by atoms with van der Waals surface area (Å²) in [5, 5.41) is 13.0. The Morgan fingerprint density at radius 3 is 2.48 bits per heavy atom. The number of carbonyl (C=O) groups excluding carboxylic acids is 1. The smallest absolute Gasteiger partial charge is 0.237 e. The van der Waals surface area contributed by atoms with E-state index in [1.807, 2.05) is 49.4 Å². The van der Waals surface area contributed by atoms with Crippen LogP contribution in [0.3, 0.4) is 0 Å². The Morgan fingerprint density at radius 1 is 1.11 bits per heavy atom. The third kappa shape index (κ3) is 4.52. The number of phenolic OH excluding ortho intramolecular Hbond substituents is 1. The van der Waals surface area contributed by atoms with Gasteiger partial charge in [-0.3, -0.25) is 9.69 Å². The van der Waals surface area contributed by atoms with E-state index in [2.05, 4.69) is 15.1 Å². The van der Waals surface area contributed by atoms with E-state index in [1.165, 1.54) is 0 Å². The summed E-state index contributed by atoms with van der Waals surface area (Å²) in [6.45, 7) is 5.50. The molecule has 2 N–H and O–H groups in total. The number of nitrogens with one attached hydrogen (secondary N) is 1. The number of aromatic hydroxyl groups is 1. The number of carbonyl (C=O) groups is 1. The highest BCUT2D eigenvalue weighted by atomic mass is 16.5. The molecule has 0 radical (unpaired) electrons. The first-order valence-corrected chi connectivity index (χ1v) is 9.26. The zero-order valence-corrected chi connectivity index (χ0v) is 15.9. The number of piperazine rings is 1. The largest absolute Gasteiger partial charge is 0.506 e. The topological polar surface area (TPSA) is 65.0 Å². The van der Waals surface area contributed by atoms with E-state index in [4.69, 9.17) is 4.74 Å². The zero-order chi connectivity index (χ0) is 19.2. The van der Waals surface area contributed by atoms with Gasteiger partial charge in [-0.05, 0) is 25.1 Å². The van der Waals surface area contributed by atoms with E-state index in [0.717, 1.165) is 43.2 Å². The summed E-state index contributed by atoms with van der Waals surface area (Å²) in [7, 11) is 1.63. The quantitative estimate of drug-likeness (QED) is 0.818. The highest BCUT2D eigenvalue weighted by Crippen LogP contribution is 2.27. The second kappa shape index (κ2) is 8.77. The van der Waals surface area contributed by atoms with Crippen molar-refractivity contribution in [3.63, 3.8) is 0 Å². The van der Waals surface area contributed by atoms with Gasteiger partial charge >= 0.3 is 0 Å². The molecule has 0 bridgehead atoms. The normalized spacial score (nSPS) is 16.0. The van der Waals surface area contributed by atoms with Gasteiger partial charge in [-0.1, -0.05) is 30.3 Å². The van der Waals surface area contributed by atoms with Crippen LogP contribution in [0.5, 0.6) is 11.5 Å². The SMILES string of the molecule is COc1ccccc1CNC(=O)C(C)N1CCN(c2ccccc2O)CC1. The zero-order valence-electron chi connectivity index (χ0n) is 15.9. The molecule has 1 unspecified atom stereocenters. The van der Waals surface area contributed by atoms with Gasteiger partial charge in [0.2, 0.25) is 5.91 Å². The van der Waals surface area contributed by atoms with Crippen LogP contribution in [0.1, 0.15) is 12.5 Å². The summed E-state index contributed by atoms with van der Waals surface area (Å²) in [5.74, 6) is 1.09. The number of methoxy groups -OCH3 is 1. The summed E-state index contributed by atoms with van der Waals surface area (Å²) in [6, 6.07) is 14.9. The minimum absolute atomic E-state index is 0.0110. The van der Waals surface area contributed by atoms with Crippen LogP contribution < -0.4 is 15.0 Å². The Morgan fingerprint density at radius 2 is 1.78 bits per heavy atom. The summed E-state index contributed by atoms with van der Waals surface area (Å²) in [4.78, 5) is 16.9. The molecule has 0 aromatic heterocycles. The van der Waals surface area contributed by atoms with Crippen molar-refractivity contribution >= 4 is 11.6 Å². The Labute approximate surface area is 160 Å². The van der Waals surface area contributed by atoms with E-state index < -0.39 is 0 Å². The van der Waals surface area contributed by atoms with Crippen LogP contribution in [-0.4, -0.2) is 55.2 Å². The van der Waals surface area contributed by atoms with Crippen molar-refractivity contribution in [1.29, 1.82) is 0 Å². The minimum atomic E-state index is -0.203. The van der Waals surface area contributed by atoms with Gasteiger partial charge in [-0.15, -0.1) is 0 Å². The molecular formula is C21H27N3O3. The molecule has 1 saturated heterocycles. The third-order valence-corrected chi connectivity index (χ3v) is 5.11. The Bertz CT molecular complexity index is 773. The Hall–Kier alpha value is -2.73. The van der Waals surface area contributed by atoms with Crippen LogP contribution >= 0.6 is 0 Å². The number of phenols is 1. The maximum absolute atomic E-state index is 12.6. The van der Waals surface area contributed by atoms with Gasteiger partial charge in [0.05, 0.1) is 18.8 Å². The lowest BCUT2D eigenvalue weighted by Crippen LogP contribution is -2.53. The van der Waals surface area contributed by atoms with Crippen molar-refractivity contribution in [2.24, 2.45) is 0 Å². The molecule has 27 heavy (non-hydrogen) atoms. The number of benzene rings is 2. The molecule has 2 aromatic carbocycles. The fourth-order valence-electron chi connectivity index (χ4n) is 3.43. The van der Waals surface area contributed by atoms with Crippen molar-refractivity contribution in [1.82, 2.24) is 10.2 Å². The molecule has 2 aromatic rings. The van der Waals surface area contributed by atoms with Crippen molar-refractivity contribution in [2.45, 2.75) is 19.5 Å². The molecule has 1 amide bonds. The third-order valence-electron chi connectivity index (χ3n) is 5.11. The number of para-hydroxylation sites is 3. The van der Waals surface area contributed by atoms with Gasteiger partial charge in [-0.25, -0.2) is 0 Å². The lowest BCUT2D eigenvalue weighted by atomic mass is 10.1. The number of hydrogen-bond acceptors (Lipinski definition) is 5. The Kier molecular flexibility index (Phi) is 6.19. The lowest BCUT2D eigenvalue weighted by Gasteiger charge is -2.38. The highest BCUT2D eigenvalue weighted by molar-refractivity contribution is 5.81. The molecule has 6 heteroatoms. The van der Waals surface area contributed by atoms with Crippen LogP contribution in [0, 0.1) is 0 Å². The first kappa shape index (κ1) is 19.0. The molecule has 3 rings (SSSR count). The minimum Gasteiger partial charge on any atom is -0.506 e. The van der Waals surface area contributed by atoms with E-state index in [1.54, 1.807) is 13.2 Å². The van der Waals surface area contributed by atoms with Gasteiger partial charge < -0.3 is 20.1 Å². The standard InChI is InChI=1S/C21H27N3O3/c1-16(21(26)22-15-17-7-3-6-10-20(17)27-2)23-11-13-24(14-12-23)18-8-4-5-9-19(18)25/h3-10,16,25H,11-15H2,1-2H3,(H,22,26). The molecule has 1 atom stereocenters. The van der Waals surface area contributed by atoms with Gasteiger partial charge in [0.15, 0.2) is 0 Å². The lowest BCUT2D eigenvalue weighted by molar-refractivity contribution is -0.126. The number of amides is 1. The molecule has 0 spiro atoms. The van der Waals surface area contributed by atoms with Crippen LogP contribution in [-0.2, 0) is 11.3 Å². The number of hydrogen-bond donors (Lipinski definition) is 2. The maximum Gasteiger partial charge on any atom is 0.237 e. The average molecular weight is 369 g/mol. The summed E-state index contributed by atoms with van der Waals surface area (Å²) in [6.07, 6.45) is 0. The second-order valence-electron chi connectivity index (χ2n) is 6.72. The molecule has 1 aliphatic heterocycles. The highest BCUT2D eigenvalue weighted by Gasteiger charge is 2.26. The van der Waals surface area contributed by atoms with Crippen LogP contribution in [0.2, 0.25) is 0 Å². The predicted octanol–water partition coefficient (Wildman–Crippen LogP) is 2.23. The van der Waals surface area contributed by atoms with Crippen molar-refractivity contribution in [3.8, 4) is 11.5 Å². The second-order valence-corrected chi connectivity index (χ2v) is 6.72. The van der Waals surface area contributed by atoms with Crippen LogP contribution in [0.4, 0.5) is 5.69 Å². The number of nitrogens with zero attached hydrogens (tertiary/aromatic N) is 2. The van der Waals surface area contributed by atoms with E-state index >= 15 is 0 Å². The van der Waals surface area contributed by atoms with Crippen LogP contribution in [0.15, 0.2) is 48.5 Å². The van der Waals surface area contributed by atoms with Gasteiger partial charge in [0.1, 0.15) is 11.5 Å². The first-order chi connectivity index (χ1) is 13.1.